The Morgan fingerprint density at radius 1 is 1.07 bits per heavy atom. The summed E-state index contributed by atoms with van der Waals surface area (Å²) in [5, 5.41) is 3.81. The predicted octanol–water partition coefficient (Wildman–Crippen LogP) is 5.74. The van der Waals surface area contributed by atoms with Gasteiger partial charge in [-0.25, -0.2) is 0 Å². The van der Waals surface area contributed by atoms with Crippen molar-refractivity contribution in [3.63, 3.8) is 0 Å². The van der Waals surface area contributed by atoms with E-state index in [1.807, 2.05) is 26.0 Å². The zero-order chi connectivity index (χ0) is 19.8. The summed E-state index contributed by atoms with van der Waals surface area (Å²) in [6.45, 7) is 6.85. The first kappa shape index (κ1) is 20.8. The van der Waals surface area contributed by atoms with Gasteiger partial charge in [-0.05, 0) is 31.4 Å². The molecule has 0 spiro atoms. The summed E-state index contributed by atoms with van der Waals surface area (Å²) in [4.78, 5) is 0. The lowest BCUT2D eigenvalue weighted by atomic mass is 9.98. The highest BCUT2D eigenvalue weighted by atomic mass is 16.7. The number of rotatable bonds is 8. The van der Waals surface area contributed by atoms with Crippen LogP contribution in [0, 0.1) is 0 Å². The van der Waals surface area contributed by atoms with E-state index in [0.29, 0.717) is 6.61 Å². The molecule has 3 atom stereocenters. The highest BCUT2D eigenvalue weighted by molar-refractivity contribution is 5.49. The second kappa shape index (κ2) is 10.0. The highest BCUT2D eigenvalue weighted by Gasteiger charge is 2.37. The lowest BCUT2D eigenvalue weighted by molar-refractivity contribution is -0.285. The van der Waals surface area contributed by atoms with Crippen LogP contribution < -0.4 is 5.32 Å². The molecule has 2 aromatic rings. The van der Waals surface area contributed by atoms with E-state index in [9.17, 15) is 0 Å². The van der Waals surface area contributed by atoms with Crippen LogP contribution in [0.2, 0.25) is 0 Å². The molecule has 3 nitrogen and oxygen atoms in total. The number of benzene rings is 2. The summed E-state index contributed by atoms with van der Waals surface area (Å²) in [6, 6.07) is 21.3. The summed E-state index contributed by atoms with van der Waals surface area (Å²) in [7, 11) is 0. The van der Waals surface area contributed by atoms with Gasteiger partial charge in [-0.2, -0.15) is 0 Å². The molecule has 3 heteroatoms. The summed E-state index contributed by atoms with van der Waals surface area (Å²) >= 11 is 0. The van der Waals surface area contributed by atoms with Crippen LogP contribution in [0.4, 0.5) is 0 Å². The van der Waals surface area contributed by atoms with E-state index in [0.717, 1.165) is 6.42 Å². The number of hydrogen-bond acceptors (Lipinski definition) is 3. The zero-order valence-corrected chi connectivity index (χ0v) is 17.3. The van der Waals surface area contributed by atoms with Gasteiger partial charge in [0.25, 0.3) is 0 Å². The fraction of sp³-hybridized carbons (Fsp3) is 0.440. The van der Waals surface area contributed by atoms with Gasteiger partial charge >= 0.3 is 0 Å². The normalized spacial score (nSPS) is 23.0. The van der Waals surface area contributed by atoms with Crippen LogP contribution in [0.3, 0.4) is 0 Å². The van der Waals surface area contributed by atoms with Gasteiger partial charge in [0.05, 0.1) is 12.6 Å². The van der Waals surface area contributed by atoms with Crippen molar-refractivity contribution in [1.29, 1.82) is 0 Å². The molecule has 1 aliphatic heterocycles. The largest absolute Gasteiger partial charge is 0.349 e. The Morgan fingerprint density at radius 2 is 1.75 bits per heavy atom. The minimum atomic E-state index is -0.572. The first-order chi connectivity index (χ1) is 13.6. The van der Waals surface area contributed by atoms with E-state index >= 15 is 0 Å². The monoisotopic (exact) mass is 379 g/mol. The van der Waals surface area contributed by atoms with Crippen molar-refractivity contribution >= 4 is 6.08 Å². The van der Waals surface area contributed by atoms with Crippen molar-refractivity contribution < 1.29 is 9.47 Å². The zero-order valence-electron chi connectivity index (χ0n) is 17.3. The SMILES string of the molecule is CCCC[C@@H](/C=C/c1ccccc1)N[C@H]1COC(C)(C)O[C@H]1c1ccccc1. The predicted molar refractivity (Wildman–Crippen MR) is 116 cm³/mol. The van der Waals surface area contributed by atoms with Crippen LogP contribution in [-0.4, -0.2) is 24.5 Å². The Morgan fingerprint density at radius 3 is 2.43 bits per heavy atom. The fourth-order valence-electron chi connectivity index (χ4n) is 3.60. The molecule has 2 aromatic carbocycles. The van der Waals surface area contributed by atoms with E-state index in [4.69, 9.17) is 9.47 Å². The minimum absolute atomic E-state index is 0.0285. The Bertz CT molecular complexity index is 727. The molecular weight excluding hydrogens is 346 g/mol. The van der Waals surface area contributed by atoms with E-state index < -0.39 is 5.79 Å². The topological polar surface area (TPSA) is 30.5 Å². The molecule has 1 saturated heterocycles. The number of ether oxygens (including phenoxy) is 2. The van der Waals surface area contributed by atoms with Gasteiger partial charge in [0.1, 0.15) is 6.10 Å². The minimum Gasteiger partial charge on any atom is -0.349 e. The van der Waals surface area contributed by atoms with Crippen LogP contribution >= 0.6 is 0 Å². The van der Waals surface area contributed by atoms with Crippen molar-refractivity contribution in [2.45, 2.75) is 64.0 Å². The van der Waals surface area contributed by atoms with Crippen LogP contribution in [0.5, 0.6) is 0 Å². The van der Waals surface area contributed by atoms with E-state index in [1.165, 1.54) is 24.0 Å². The van der Waals surface area contributed by atoms with E-state index in [1.54, 1.807) is 0 Å². The molecule has 0 unspecified atom stereocenters. The molecule has 1 N–H and O–H groups in total. The number of hydrogen-bond donors (Lipinski definition) is 1. The molecule has 28 heavy (non-hydrogen) atoms. The first-order valence-electron chi connectivity index (χ1n) is 10.4. The molecule has 0 saturated carbocycles. The van der Waals surface area contributed by atoms with Gasteiger partial charge in [0, 0.05) is 6.04 Å². The number of unbranched alkanes of at least 4 members (excludes halogenated alkanes) is 1. The fourth-order valence-corrected chi connectivity index (χ4v) is 3.60. The quantitative estimate of drug-likeness (QED) is 0.634. The van der Waals surface area contributed by atoms with Gasteiger partial charge in [0.2, 0.25) is 0 Å². The summed E-state index contributed by atoms with van der Waals surface area (Å²) in [5.41, 5.74) is 2.42. The van der Waals surface area contributed by atoms with Gasteiger partial charge < -0.3 is 14.8 Å². The van der Waals surface area contributed by atoms with Gasteiger partial charge in [-0.1, -0.05) is 92.6 Å². The summed E-state index contributed by atoms with van der Waals surface area (Å²) in [5.74, 6) is -0.572. The molecule has 1 heterocycles. The van der Waals surface area contributed by atoms with Gasteiger partial charge in [-0.15, -0.1) is 0 Å². The molecule has 0 bridgehead atoms. The molecule has 0 aliphatic carbocycles. The third kappa shape index (κ3) is 6.03. The summed E-state index contributed by atoms with van der Waals surface area (Å²) in [6.07, 6.45) is 7.93. The molecule has 1 fully saturated rings. The van der Waals surface area contributed by atoms with Crippen molar-refractivity contribution in [2.24, 2.45) is 0 Å². The highest BCUT2D eigenvalue weighted by Crippen LogP contribution is 2.33. The van der Waals surface area contributed by atoms with Crippen molar-refractivity contribution in [2.75, 3.05) is 6.61 Å². The van der Waals surface area contributed by atoms with Crippen LogP contribution in [0.15, 0.2) is 66.7 Å². The third-order valence-electron chi connectivity index (χ3n) is 5.13. The lowest BCUT2D eigenvalue weighted by Gasteiger charge is -2.42. The molecule has 0 amide bonds. The average Bonchev–Trinajstić information content (AvgIpc) is 2.72. The van der Waals surface area contributed by atoms with Crippen LogP contribution in [0.25, 0.3) is 6.08 Å². The molecule has 3 rings (SSSR count). The second-order valence-corrected chi connectivity index (χ2v) is 7.95. The van der Waals surface area contributed by atoms with Crippen LogP contribution in [0.1, 0.15) is 57.3 Å². The lowest BCUT2D eigenvalue weighted by Crippen LogP contribution is -2.52. The maximum absolute atomic E-state index is 6.33. The van der Waals surface area contributed by atoms with Crippen molar-refractivity contribution in [3.8, 4) is 0 Å². The number of nitrogens with one attached hydrogen (secondary N) is 1. The van der Waals surface area contributed by atoms with E-state index in [-0.39, 0.29) is 18.2 Å². The second-order valence-electron chi connectivity index (χ2n) is 7.95. The molecule has 0 aromatic heterocycles. The maximum Gasteiger partial charge on any atom is 0.163 e. The summed E-state index contributed by atoms with van der Waals surface area (Å²) < 4.78 is 12.3. The van der Waals surface area contributed by atoms with E-state index in [2.05, 4.69) is 72.9 Å². The average molecular weight is 380 g/mol. The Kier molecular flexibility index (Phi) is 7.43. The smallest absolute Gasteiger partial charge is 0.163 e. The maximum atomic E-state index is 6.33. The van der Waals surface area contributed by atoms with Gasteiger partial charge in [-0.3, -0.25) is 0 Å². The Hall–Kier alpha value is -1.94. The Labute approximate surface area is 169 Å². The molecule has 0 radical (unpaired) electrons. The molecule has 150 valence electrons. The van der Waals surface area contributed by atoms with Crippen molar-refractivity contribution in [3.05, 3.63) is 77.9 Å². The standard InChI is InChI=1S/C25H33NO2/c1-4-5-16-22(18-17-20-12-8-6-9-13-20)26-23-19-27-25(2,3)28-24(23)21-14-10-7-11-15-21/h6-15,17-18,22-24,26H,4-5,16,19H2,1-3H3/b18-17+/t22-,23-,24-/m0/s1. The molecular formula is C25H33NO2. The Balaban J connectivity index is 1.76. The van der Waals surface area contributed by atoms with Crippen LogP contribution in [-0.2, 0) is 9.47 Å². The first-order valence-corrected chi connectivity index (χ1v) is 10.4. The molecule has 1 aliphatic rings. The third-order valence-corrected chi connectivity index (χ3v) is 5.13. The van der Waals surface area contributed by atoms with Gasteiger partial charge in [0.15, 0.2) is 5.79 Å². The van der Waals surface area contributed by atoms with Crippen molar-refractivity contribution in [1.82, 2.24) is 5.32 Å².